The van der Waals surface area contributed by atoms with Gasteiger partial charge in [-0.2, -0.15) is 0 Å². The number of amides is 2. The molecule has 0 spiro atoms. The summed E-state index contributed by atoms with van der Waals surface area (Å²) in [5.41, 5.74) is 4.68. The second-order valence-corrected chi connectivity index (χ2v) is 1.97. The molecule has 0 aliphatic rings. The number of aliphatic carboxylic acids is 1. The fourth-order valence-electron chi connectivity index (χ4n) is 0.337. The van der Waals surface area contributed by atoms with E-state index in [0.717, 1.165) is 0 Å². The van der Waals surface area contributed by atoms with E-state index in [9.17, 15) is 14.7 Å². The topological polar surface area (TPSA) is 95.2 Å². The van der Waals surface area contributed by atoms with E-state index in [1.165, 1.54) is 6.92 Å². The predicted octanol–water partition coefficient (Wildman–Crippen LogP) is -1.96. The highest BCUT2D eigenvalue weighted by molar-refractivity contribution is 5.73. The van der Waals surface area contributed by atoms with Gasteiger partial charge in [-0.25, -0.2) is 4.79 Å². The normalized spacial score (nSPS) is 12.1. The highest BCUT2D eigenvalue weighted by Gasteiger charge is 2.02. The number of urea groups is 1. The molecule has 1 atom stereocenters. The van der Waals surface area contributed by atoms with Crippen LogP contribution in [-0.2, 0) is 4.79 Å². The smallest absolute Gasteiger partial charge is 0.312 e. The molecule has 2 amide bonds. The largest absolute Gasteiger partial charge is 0.550 e. The molecule has 0 bridgehead atoms. The van der Waals surface area contributed by atoms with E-state index in [1.54, 1.807) is 0 Å². The van der Waals surface area contributed by atoms with Crippen LogP contribution >= 0.6 is 0 Å². The van der Waals surface area contributed by atoms with E-state index >= 15 is 0 Å². The summed E-state index contributed by atoms with van der Waals surface area (Å²) in [6.45, 7) is 1.43. The van der Waals surface area contributed by atoms with E-state index in [1.807, 2.05) is 0 Å². The van der Waals surface area contributed by atoms with Crippen LogP contribution in [-0.4, -0.2) is 18.5 Å². The van der Waals surface area contributed by atoms with Crippen LogP contribution in [0, 0.1) is 5.92 Å². The maximum atomic E-state index is 10.0. The lowest BCUT2D eigenvalue weighted by molar-refractivity contribution is -0.310. The minimum absolute atomic E-state index is 0.0116. The molecule has 0 aliphatic heterocycles. The predicted molar refractivity (Wildman–Crippen MR) is 31.8 cm³/mol. The van der Waals surface area contributed by atoms with Crippen molar-refractivity contribution < 1.29 is 14.7 Å². The first-order chi connectivity index (χ1) is 4.54. The molecule has 58 valence electrons. The molecular formula is C5H9N2O3-. The molecular weight excluding hydrogens is 136 g/mol. The number of nitrogens with one attached hydrogen (secondary N) is 1. The Bertz CT molecular complexity index is 146. The van der Waals surface area contributed by atoms with Crippen molar-refractivity contribution >= 4 is 12.0 Å². The molecule has 0 rings (SSSR count). The van der Waals surface area contributed by atoms with E-state index in [2.05, 4.69) is 11.1 Å². The minimum Gasteiger partial charge on any atom is -0.550 e. The molecule has 3 N–H and O–H groups in total. The molecule has 0 radical (unpaired) electrons. The molecule has 0 aromatic rings. The summed E-state index contributed by atoms with van der Waals surface area (Å²) in [7, 11) is 0. The highest BCUT2D eigenvalue weighted by atomic mass is 16.4. The zero-order chi connectivity index (χ0) is 8.15. The van der Waals surface area contributed by atoms with Gasteiger partial charge in [0, 0.05) is 18.4 Å². The molecule has 1 unspecified atom stereocenters. The van der Waals surface area contributed by atoms with Crippen LogP contribution in [0.5, 0.6) is 0 Å². The fraction of sp³-hybridized carbons (Fsp3) is 0.600. The SMILES string of the molecule is CC(CNC(N)=O)C(=O)[O-]. The quantitative estimate of drug-likeness (QED) is 0.482. The van der Waals surface area contributed by atoms with Crippen molar-refractivity contribution in [2.45, 2.75) is 6.92 Å². The van der Waals surface area contributed by atoms with Gasteiger partial charge in [-0.15, -0.1) is 0 Å². The standard InChI is InChI=1S/C5H10N2O3/c1-3(4(8)9)2-7-5(6)10/h3H,2H2,1H3,(H,8,9)(H3,6,7,10)/p-1. The van der Waals surface area contributed by atoms with Gasteiger partial charge in [0.25, 0.3) is 0 Å². The summed E-state index contributed by atoms with van der Waals surface area (Å²) in [4.78, 5) is 20.0. The van der Waals surface area contributed by atoms with Gasteiger partial charge in [-0.3, -0.25) is 0 Å². The van der Waals surface area contributed by atoms with Crippen molar-refractivity contribution in [1.29, 1.82) is 0 Å². The van der Waals surface area contributed by atoms with E-state index < -0.39 is 17.9 Å². The molecule has 0 saturated heterocycles. The van der Waals surface area contributed by atoms with Crippen LogP contribution in [0.25, 0.3) is 0 Å². The zero-order valence-corrected chi connectivity index (χ0v) is 5.59. The minimum atomic E-state index is -1.20. The number of carboxylic acids is 1. The number of hydrogen-bond donors (Lipinski definition) is 2. The Kier molecular flexibility index (Phi) is 3.24. The molecule has 0 aromatic heterocycles. The van der Waals surface area contributed by atoms with Crippen LogP contribution in [0.1, 0.15) is 6.92 Å². The lowest BCUT2D eigenvalue weighted by Crippen LogP contribution is -2.40. The average Bonchev–Trinajstić information content (AvgIpc) is 1.82. The number of primary amides is 1. The van der Waals surface area contributed by atoms with Gasteiger partial charge < -0.3 is 21.0 Å². The van der Waals surface area contributed by atoms with Crippen molar-refractivity contribution in [1.82, 2.24) is 5.32 Å². The van der Waals surface area contributed by atoms with E-state index in [4.69, 9.17) is 0 Å². The molecule has 0 aliphatic carbocycles. The lowest BCUT2D eigenvalue weighted by atomic mass is 10.2. The Morgan fingerprint density at radius 1 is 1.70 bits per heavy atom. The van der Waals surface area contributed by atoms with Crippen molar-refractivity contribution in [3.63, 3.8) is 0 Å². The molecule has 0 fully saturated rings. The first kappa shape index (κ1) is 8.74. The maximum Gasteiger partial charge on any atom is 0.312 e. The van der Waals surface area contributed by atoms with E-state index in [-0.39, 0.29) is 6.54 Å². The van der Waals surface area contributed by atoms with Gasteiger partial charge in [0.2, 0.25) is 0 Å². The van der Waals surface area contributed by atoms with Crippen molar-refractivity contribution in [3.8, 4) is 0 Å². The summed E-state index contributed by atoms with van der Waals surface area (Å²) in [6.07, 6.45) is 0. The summed E-state index contributed by atoms with van der Waals surface area (Å²) >= 11 is 0. The van der Waals surface area contributed by atoms with Gasteiger partial charge in [-0.05, 0) is 0 Å². The number of carboxylic acid groups (broad SMARTS) is 1. The third-order valence-electron chi connectivity index (χ3n) is 0.985. The number of carbonyl (C=O) groups excluding carboxylic acids is 2. The Labute approximate surface area is 58.2 Å². The summed E-state index contributed by atoms with van der Waals surface area (Å²) in [6, 6.07) is -0.729. The molecule has 10 heavy (non-hydrogen) atoms. The Hall–Kier alpha value is -1.26. The summed E-state index contributed by atoms with van der Waals surface area (Å²) in [5.74, 6) is -1.90. The van der Waals surface area contributed by atoms with Crippen LogP contribution in [0.3, 0.4) is 0 Å². The van der Waals surface area contributed by atoms with E-state index in [0.29, 0.717) is 0 Å². The molecule has 0 saturated carbocycles. The van der Waals surface area contributed by atoms with Crippen LogP contribution in [0.4, 0.5) is 4.79 Å². The van der Waals surface area contributed by atoms with Crippen LogP contribution in [0.2, 0.25) is 0 Å². The second kappa shape index (κ2) is 3.71. The van der Waals surface area contributed by atoms with Crippen molar-refractivity contribution in [2.75, 3.05) is 6.54 Å². The molecule has 5 heteroatoms. The second-order valence-electron chi connectivity index (χ2n) is 1.97. The molecule has 0 heterocycles. The fourth-order valence-corrected chi connectivity index (χ4v) is 0.337. The summed E-state index contributed by atoms with van der Waals surface area (Å²) in [5, 5.41) is 12.2. The highest BCUT2D eigenvalue weighted by Crippen LogP contribution is 1.87. The molecule has 5 nitrogen and oxygen atoms in total. The Morgan fingerprint density at radius 2 is 2.20 bits per heavy atom. The van der Waals surface area contributed by atoms with Gasteiger partial charge in [0.05, 0.1) is 0 Å². The Balaban J connectivity index is 3.49. The number of rotatable bonds is 3. The van der Waals surface area contributed by atoms with Gasteiger partial charge in [-0.1, -0.05) is 6.92 Å². The van der Waals surface area contributed by atoms with Gasteiger partial charge in [0.15, 0.2) is 0 Å². The van der Waals surface area contributed by atoms with Crippen LogP contribution < -0.4 is 16.2 Å². The van der Waals surface area contributed by atoms with Gasteiger partial charge >= 0.3 is 6.03 Å². The molecule has 0 aromatic carbocycles. The first-order valence-electron chi connectivity index (χ1n) is 2.78. The van der Waals surface area contributed by atoms with Crippen LogP contribution in [0.15, 0.2) is 0 Å². The average molecular weight is 145 g/mol. The number of nitrogens with two attached hydrogens (primary N) is 1. The zero-order valence-electron chi connectivity index (χ0n) is 5.59. The first-order valence-corrected chi connectivity index (χ1v) is 2.78. The summed E-state index contributed by atoms with van der Waals surface area (Å²) < 4.78 is 0. The maximum absolute atomic E-state index is 10.0. The third-order valence-corrected chi connectivity index (χ3v) is 0.985. The number of carbonyl (C=O) groups is 2. The lowest BCUT2D eigenvalue weighted by Gasteiger charge is -2.11. The Morgan fingerprint density at radius 3 is 2.50 bits per heavy atom. The van der Waals surface area contributed by atoms with Crippen molar-refractivity contribution in [3.05, 3.63) is 0 Å². The number of hydrogen-bond acceptors (Lipinski definition) is 3. The monoisotopic (exact) mass is 145 g/mol. The van der Waals surface area contributed by atoms with Crippen molar-refractivity contribution in [2.24, 2.45) is 11.7 Å². The van der Waals surface area contributed by atoms with Gasteiger partial charge in [0.1, 0.15) is 0 Å². The third kappa shape index (κ3) is 3.71.